The van der Waals surface area contributed by atoms with Gasteiger partial charge in [-0.05, 0) is 60.6 Å². The van der Waals surface area contributed by atoms with Gasteiger partial charge in [-0.15, -0.1) is 0 Å². The molecule has 4 nitrogen and oxygen atoms in total. The van der Waals surface area contributed by atoms with Crippen LogP contribution in [-0.4, -0.2) is 23.6 Å². The highest BCUT2D eigenvalue weighted by molar-refractivity contribution is 5.98. The molecule has 0 saturated carbocycles. The summed E-state index contributed by atoms with van der Waals surface area (Å²) in [5, 5.41) is 9.52. The molecule has 1 amide bonds. The lowest BCUT2D eigenvalue weighted by atomic mass is 9.92. The van der Waals surface area contributed by atoms with Crippen molar-refractivity contribution in [2.45, 2.75) is 32.7 Å². The average molecular weight is 324 g/mol. The quantitative estimate of drug-likeness (QED) is 0.912. The number of hydrogen-bond acceptors (Lipinski definition) is 3. The number of aromatic hydroxyl groups is 1. The SMILES string of the molecule is Cc1cc(O)ccc1C[C@@H](N)C(=O)N1CC(C)Cc2ccccc21. The normalized spacial score (nSPS) is 18.1. The number of nitrogens with two attached hydrogens (primary N) is 1. The summed E-state index contributed by atoms with van der Waals surface area (Å²) < 4.78 is 0. The fourth-order valence-electron chi connectivity index (χ4n) is 3.44. The van der Waals surface area contributed by atoms with Crippen molar-refractivity contribution in [3.05, 3.63) is 59.2 Å². The van der Waals surface area contributed by atoms with Crippen molar-refractivity contribution in [2.75, 3.05) is 11.4 Å². The zero-order chi connectivity index (χ0) is 17.3. The molecule has 3 N–H and O–H groups in total. The van der Waals surface area contributed by atoms with Crippen molar-refractivity contribution in [3.8, 4) is 5.75 Å². The number of aryl methyl sites for hydroxylation is 1. The molecule has 2 atom stereocenters. The van der Waals surface area contributed by atoms with Crippen LogP contribution in [0.3, 0.4) is 0 Å². The summed E-state index contributed by atoms with van der Waals surface area (Å²) in [6.07, 6.45) is 1.46. The first-order valence-electron chi connectivity index (χ1n) is 8.39. The fraction of sp³-hybridized carbons (Fsp3) is 0.350. The minimum absolute atomic E-state index is 0.0403. The minimum Gasteiger partial charge on any atom is -0.508 e. The number of hydrogen-bond donors (Lipinski definition) is 2. The van der Waals surface area contributed by atoms with E-state index in [9.17, 15) is 9.90 Å². The van der Waals surface area contributed by atoms with Gasteiger partial charge in [0, 0.05) is 12.2 Å². The molecule has 1 heterocycles. The van der Waals surface area contributed by atoms with Gasteiger partial charge in [-0.3, -0.25) is 4.79 Å². The predicted octanol–water partition coefficient (Wildman–Crippen LogP) is 2.80. The molecule has 3 rings (SSSR count). The Morgan fingerprint density at radius 3 is 2.83 bits per heavy atom. The van der Waals surface area contributed by atoms with Crippen LogP contribution in [0, 0.1) is 12.8 Å². The Morgan fingerprint density at radius 2 is 2.08 bits per heavy atom. The molecular formula is C20H24N2O2. The van der Waals surface area contributed by atoms with Gasteiger partial charge in [-0.1, -0.05) is 31.2 Å². The first-order valence-corrected chi connectivity index (χ1v) is 8.39. The topological polar surface area (TPSA) is 66.6 Å². The van der Waals surface area contributed by atoms with E-state index in [2.05, 4.69) is 13.0 Å². The molecule has 0 fully saturated rings. The number of nitrogens with zero attached hydrogens (tertiary/aromatic N) is 1. The highest BCUT2D eigenvalue weighted by Crippen LogP contribution is 2.30. The average Bonchev–Trinajstić information content (AvgIpc) is 2.55. The van der Waals surface area contributed by atoms with Crippen LogP contribution in [-0.2, 0) is 17.6 Å². The van der Waals surface area contributed by atoms with E-state index in [0.717, 1.165) is 23.2 Å². The Morgan fingerprint density at radius 1 is 1.33 bits per heavy atom. The number of benzene rings is 2. The monoisotopic (exact) mass is 324 g/mol. The van der Waals surface area contributed by atoms with Gasteiger partial charge in [0.2, 0.25) is 5.91 Å². The number of fused-ring (bicyclic) bond motifs is 1. The first-order chi connectivity index (χ1) is 11.5. The van der Waals surface area contributed by atoms with E-state index in [0.29, 0.717) is 18.9 Å². The molecule has 1 aliphatic rings. The van der Waals surface area contributed by atoms with Crippen molar-refractivity contribution in [1.82, 2.24) is 0 Å². The van der Waals surface area contributed by atoms with Crippen LogP contribution >= 0.6 is 0 Å². The second-order valence-corrected chi connectivity index (χ2v) is 6.81. The predicted molar refractivity (Wildman–Crippen MR) is 96.2 cm³/mol. The van der Waals surface area contributed by atoms with E-state index in [1.807, 2.05) is 36.1 Å². The third-order valence-corrected chi connectivity index (χ3v) is 4.69. The largest absolute Gasteiger partial charge is 0.508 e. The van der Waals surface area contributed by atoms with Gasteiger partial charge in [-0.25, -0.2) is 0 Å². The van der Waals surface area contributed by atoms with Crippen molar-refractivity contribution in [2.24, 2.45) is 11.7 Å². The molecule has 4 heteroatoms. The lowest BCUT2D eigenvalue weighted by molar-refractivity contribution is -0.120. The lowest BCUT2D eigenvalue weighted by Gasteiger charge is -2.34. The van der Waals surface area contributed by atoms with Crippen molar-refractivity contribution in [1.29, 1.82) is 0 Å². The number of anilines is 1. The number of para-hydroxylation sites is 1. The molecule has 126 valence electrons. The summed E-state index contributed by atoms with van der Waals surface area (Å²) in [5.41, 5.74) is 10.4. The van der Waals surface area contributed by atoms with Gasteiger partial charge in [-0.2, -0.15) is 0 Å². The molecule has 2 aromatic carbocycles. The summed E-state index contributed by atoms with van der Waals surface area (Å²) in [6.45, 7) is 4.79. The van der Waals surface area contributed by atoms with E-state index in [-0.39, 0.29) is 11.7 Å². The standard InChI is InChI=1S/C20H24N2O2/c1-13-9-16-5-3-4-6-19(16)22(12-13)20(24)18(21)11-15-7-8-17(23)10-14(15)2/h3-8,10,13,18,23H,9,11-12,21H2,1-2H3/t13?,18-/m1/s1. The van der Waals surface area contributed by atoms with Crippen LogP contribution in [0.4, 0.5) is 5.69 Å². The Labute approximate surface area is 142 Å². The van der Waals surface area contributed by atoms with E-state index < -0.39 is 6.04 Å². The molecule has 0 aromatic heterocycles. The summed E-state index contributed by atoms with van der Waals surface area (Å²) >= 11 is 0. The molecular weight excluding hydrogens is 300 g/mol. The summed E-state index contributed by atoms with van der Waals surface area (Å²) in [7, 11) is 0. The first kappa shape index (κ1) is 16.5. The van der Waals surface area contributed by atoms with Crippen LogP contribution in [0.1, 0.15) is 23.6 Å². The van der Waals surface area contributed by atoms with Gasteiger partial charge >= 0.3 is 0 Å². The highest BCUT2D eigenvalue weighted by atomic mass is 16.3. The van der Waals surface area contributed by atoms with Gasteiger partial charge in [0.05, 0.1) is 6.04 Å². The van der Waals surface area contributed by atoms with Crippen molar-refractivity contribution in [3.63, 3.8) is 0 Å². The Balaban J connectivity index is 1.81. The Hall–Kier alpha value is -2.33. The zero-order valence-corrected chi connectivity index (χ0v) is 14.2. The number of phenolic OH excluding ortho intramolecular Hbond substituents is 1. The Bertz CT molecular complexity index is 757. The molecule has 1 unspecified atom stereocenters. The molecule has 24 heavy (non-hydrogen) atoms. The highest BCUT2D eigenvalue weighted by Gasteiger charge is 2.29. The summed E-state index contributed by atoms with van der Waals surface area (Å²) in [5.74, 6) is 0.614. The molecule has 0 aliphatic carbocycles. The molecule has 0 saturated heterocycles. The number of amides is 1. The Kier molecular flexibility index (Phi) is 4.58. The van der Waals surface area contributed by atoms with Crippen LogP contribution in [0.25, 0.3) is 0 Å². The third-order valence-electron chi connectivity index (χ3n) is 4.69. The molecule has 1 aliphatic heterocycles. The van der Waals surface area contributed by atoms with E-state index in [1.54, 1.807) is 12.1 Å². The number of phenols is 1. The van der Waals surface area contributed by atoms with Gasteiger partial charge in [0.25, 0.3) is 0 Å². The molecule has 0 bridgehead atoms. The van der Waals surface area contributed by atoms with Gasteiger partial charge < -0.3 is 15.7 Å². The van der Waals surface area contributed by atoms with E-state index >= 15 is 0 Å². The number of rotatable bonds is 3. The van der Waals surface area contributed by atoms with Crippen molar-refractivity contribution >= 4 is 11.6 Å². The van der Waals surface area contributed by atoms with E-state index in [4.69, 9.17) is 5.73 Å². The molecule has 0 spiro atoms. The van der Waals surface area contributed by atoms with Crippen LogP contribution in [0.15, 0.2) is 42.5 Å². The van der Waals surface area contributed by atoms with Crippen LogP contribution in [0.2, 0.25) is 0 Å². The maximum atomic E-state index is 12.9. The number of carbonyl (C=O) groups excluding carboxylic acids is 1. The summed E-state index contributed by atoms with van der Waals surface area (Å²) in [4.78, 5) is 14.8. The second kappa shape index (κ2) is 6.65. The minimum atomic E-state index is -0.591. The number of carbonyl (C=O) groups is 1. The summed E-state index contributed by atoms with van der Waals surface area (Å²) in [6, 6.07) is 12.6. The molecule has 0 radical (unpaired) electrons. The van der Waals surface area contributed by atoms with Crippen LogP contribution in [0.5, 0.6) is 5.75 Å². The zero-order valence-electron chi connectivity index (χ0n) is 14.2. The van der Waals surface area contributed by atoms with Gasteiger partial charge in [0.1, 0.15) is 5.75 Å². The maximum absolute atomic E-state index is 12.9. The van der Waals surface area contributed by atoms with E-state index in [1.165, 1.54) is 5.56 Å². The molecule has 2 aromatic rings. The second-order valence-electron chi connectivity index (χ2n) is 6.81. The van der Waals surface area contributed by atoms with Crippen molar-refractivity contribution < 1.29 is 9.90 Å². The smallest absolute Gasteiger partial charge is 0.244 e. The third kappa shape index (κ3) is 3.29. The fourth-order valence-corrected chi connectivity index (χ4v) is 3.44. The maximum Gasteiger partial charge on any atom is 0.244 e. The lowest BCUT2D eigenvalue weighted by Crippen LogP contribution is -2.48. The van der Waals surface area contributed by atoms with Gasteiger partial charge in [0.15, 0.2) is 0 Å². The van der Waals surface area contributed by atoms with Crippen LogP contribution < -0.4 is 10.6 Å².